The van der Waals surface area contributed by atoms with Crippen LogP contribution in [0.15, 0.2) is 54.6 Å². The van der Waals surface area contributed by atoms with Crippen molar-refractivity contribution in [1.82, 2.24) is 5.32 Å². The number of carbonyl (C=O) groups excluding carboxylic acids is 3. The van der Waals surface area contributed by atoms with E-state index in [4.69, 9.17) is 4.74 Å². The predicted octanol–water partition coefficient (Wildman–Crippen LogP) is 2.26. The molecule has 8 nitrogen and oxygen atoms in total. The minimum Gasteiger partial charge on any atom is -0.486 e. The topological polar surface area (TPSA) is 113 Å². The van der Waals surface area contributed by atoms with Crippen LogP contribution >= 0.6 is 11.8 Å². The van der Waals surface area contributed by atoms with Crippen molar-refractivity contribution in [3.63, 3.8) is 0 Å². The first kappa shape index (κ1) is 23.3. The molecule has 3 rings (SSSR count). The van der Waals surface area contributed by atoms with Crippen LogP contribution in [-0.4, -0.2) is 51.9 Å². The second-order valence-corrected chi connectivity index (χ2v) is 8.76. The SMILES string of the molecule is CC(=O)S[C@@H](Cc1ccccc1)C(=O)N[C@H]1C(=O)N(CC(=O)O)c2ccccc2O[C@H]1C. The van der Waals surface area contributed by atoms with E-state index >= 15 is 0 Å². The summed E-state index contributed by atoms with van der Waals surface area (Å²) in [6.07, 6.45) is -0.460. The van der Waals surface area contributed by atoms with Gasteiger partial charge in [-0.15, -0.1) is 0 Å². The van der Waals surface area contributed by atoms with Gasteiger partial charge in [-0.3, -0.25) is 24.1 Å². The standard InChI is InChI=1S/C23H24N2O6S/c1-14-21(23(30)25(13-20(27)28)17-10-6-7-11-18(17)31-14)24-22(29)19(32-15(2)26)12-16-8-4-3-5-9-16/h3-11,14,19,21H,12-13H2,1-2H3,(H,24,29)(H,27,28)/t14-,19-,21+/m0/s1. The van der Waals surface area contributed by atoms with Crippen molar-refractivity contribution in [3.8, 4) is 5.75 Å². The number of rotatable bonds is 7. The Labute approximate surface area is 189 Å². The minimum atomic E-state index is -1.19. The third-order valence-electron chi connectivity index (χ3n) is 4.93. The molecule has 168 valence electrons. The van der Waals surface area contributed by atoms with Crippen LogP contribution < -0.4 is 15.0 Å². The van der Waals surface area contributed by atoms with Gasteiger partial charge >= 0.3 is 5.97 Å². The van der Waals surface area contributed by atoms with E-state index in [1.54, 1.807) is 31.2 Å². The van der Waals surface area contributed by atoms with Crippen molar-refractivity contribution in [2.45, 2.75) is 37.7 Å². The van der Waals surface area contributed by atoms with Crippen molar-refractivity contribution in [2.24, 2.45) is 0 Å². The van der Waals surface area contributed by atoms with Gasteiger partial charge < -0.3 is 15.2 Å². The molecule has 1 heterocycles. The maximum atomic E-state index is 13.3. The number of fused-ring (bicyclic) bond motifs is 1. The number of hydrogen-bond donors (Lipinski definition) is 2. The van der Waals surface area contributed by atoms with Crippen LogP contribution in [-0.2, 0) is 25.6 Å². The third kappa shape index (κ3) is 5.67. The predicted molar refractivity (Wildman–Crippen MR) is 121 cm³/mol. The van der Waals surface area contributed by atoms with E-state index in [-0.39, 0.29) is 5.12 Å². The van der Waals surface area contributed by atoms with Crippen LogP contribution in [0.2, 0.25) is 0 Å². The summed E-state index contributed by atoms with van der Waals surface area (Å²) in [4.78, 5) is 50.7. The van der Waals surface area contributed by atoms with Crippen molar-refractivity contribution < 1.29 is 29.0 Å². The lowest BCUT2D eigenvalue weighted by molar-refractivity contribution is -0.137. The van der Waals surface area contributed by atoms with Crippen LogP contribution in [0, 0.1) is 0 Å². The van der Waals surface area contributed by atoms with Gasteiger partial charge in [0.1, 0.15) is 24.4 Å². The van der Waals surface area contributed by atoms with Crippen molar-refractivity contribution in [1.29, 1.82) is 0 Å². The molecule has 32 heavy (non-hydrogen) atoms. The van der Waals surface area contributed by atoms with E-state index < -0.39 is 41.7 Å². The van der Waals surface area contributed by atoms with Gasteiger partial charge in [-0.2, -0.15) is 0 Å². The number of benzene rings is 2. The highest BCUT2D eigenvalue weighted by Gasteiger charge is 2.39. The van der Waals surface area contributed by atoms with Crippen LogP contribution in [0.3, 0.4) is 0 Å². The number of nitrogens with zero attached hydrogens (tertiary/aromatic N) is 1. The summed E-state index contributed by atoms with van der Waals surface area (Å²) in [5, 5.41) is 11.0. The monoisotopic (exact) mass is 456 g/mol. The fourth-order valence-corrected chi connectivity index (χ4v) is 4.33. The highest BCUT2D eigenvalue weighted by Crippen LogP contribution is 2.33. The zero-order valence-electron chi connectivity index (χ0n) is 17.7. The van der Waals surface area contributed by atoms with Gasteiger partial charge in [0.15, 0.2) is 5.12 Å². The number of anilines is 1. The Kier molecular flexibility index (Phi) is 7.53. The lowest BCUT2D eigenvalue weighted by atomic mass is 10.1. The molecule has 2 amide bonds. The third-order valence-corrected chi connectivity index (χ3v) is 5.92. The minimum absolute atomic E-state index is 0.225. The van der Waals surface area contributed by atoms with Gasteiger partial charge in [-0.1, -0.05) is 54.2 Å². The lowest BCUT2D eigenvalue weighted by Crippen LogP contribution is -2.56. The Morgan fingerprint density at radius 1 is 1.12 bits per heavy atom. The zero-order chi connectivity index (χ0) is 23.3. The molecule has 1 aliphatic heterocycles. The van der Waals surface area contributed by atoms with Gasteiger partial charge in [0.05, 0.1) is 10.9 Å². The molecule has 0 saturated heterocycles. The Morgan fingerprint density at radius 3 is 2.44 bits per heavy atom. The molecule has 3 atom stereocenters. The summed E-state index contributed by atoms with van der Waals surface area (Å²) in [6, 6.07) is 14.8. The van der Waals surface area contributed by atoms with Crippen molar-refractivity contribution >= 4 is 40.3 Å². The molecule has 9 heteroatoms. The number of carboxylic acid groups (broad SMARTS) is 1. The average Bonchev–Trinajstić information content (AvgIpc) is 2.84. The maximum absolute atomic E-state index is 13.3. The first-order valence-electron chi connectivity index (χ1n) is 10.1. The van der Waals surface area contributed by atoms with Gasteiger partial charge in [0, 0.05) is 6.92 Å². The highest BCUT2D eigenvalue weighted by atomic mass is 32.2. The number of nitrogens with one attached hydrogen (secondary N) is 1. The Balaban J connectivity index is 1.86. The van der Waals surface area contributed by atoms with Crippen LogP contribution in [0.4, 0.5) is 5.69 Å². The quantitative estimate of drug-likeness (QED) is 0.657. The molecule has 0 spiro atoms. The first-order chi connectivity index (χ1) is 15.3. The Hall–Kier alpha value is -3.33. The summed E-state index contributed by atoms with van der Waals surface area (Å²) >= 11 is 0.887. The molecule has 0 unspecified atom stereocenters. The van der Waals surface area contributed by atoms with E-state index in [0.29, 0.717) is 17.9 Å². The normalized spacial score (nSPS) is 18.7. The number of hydrogen-bond acceptors (Lipinski definition) is 6. The van der Waals surface area contributed by atoms with Crippen molar-refractivity contribution in [3.05, 3.63) is 60.2 Å². The lowest BCUT2D eigenvalue weighted by Gasteiger charge is -2.26. The van der Waals surface area contributed by atoms with Gasteiger partial charge in [0.25, 0.3) is 5.91 Å². The molecule has 0 aromatic heterocycles. The maximum Gasteiger partial charge on any atom is 0.323 e. The average molecular weight is 457 g/mol. The molecule has 0 aliphatic carbocycles. The molecular formula is C23H24N2O6S. The Bertz CT molecular complexity index is 1010. The molecule has 0 radical (unpaired) electrons. The summed E-state index contributed by atoms with van der Waals surface area (Å²) in [7, 11) is 0. The number of para-hydroxylation sites is 2. The Morgan fingerprint density at radius 2 is 1.78 bits per heavy atom. The highest BCUT2D eigenvalue weighted by molar-refractivity contribution is 8.14. The van der Waals surface area contributed by atoms with E-state index in [1.807, 2.05) is 30.3 Å². The van der Waals surface area contributed by atoms with E-state index in [9.17, 15) is 24.3 Å². The summed E-state index contributed by atoms with van der Waals surface area (Å²) < 4.78 is 5.89. The second-order valence-electron chi connectivity index (χ2n) is 7.38. The second kappa shape index (κ2) is 10.3. The number of carbonyl (C=O) groups is 4. The number of carboxylic acids is 1. The summed E-state index contributed by atoms with van der Waals surface area (Å²) in [6.45, 7) is 2.44. The van der Waals surface area contributed by atoms with Gasteiger partial charge in [-0.05, 0) is 31.0 Å². The largest absolute Gasteiger partial charge is 0.486 e. The van der Waals surface area contributed by atoms with E-state index in [0.717, 1.165) is 22.2 Å². The molecule has 0 bridgehead atoms. The van der Waals surface area contributed by atoms with Crippen LogP contribution in [0.25, 0.3) is 0 Å². The number of aliphatic carboxylic acids is 1. The van der Waals surface area contributed by atoms with Gasteiger partial charge in [-0.25, -0.2) is 0 Å². The zero-order valence-corrected chi connectivity index (χ0v) is 18.5. The van der Waals surface area contributed by atoms with Crippen LogP contribution in [0.1, 0.15) is 19.4 Å². The fraction of sp³-hybridized carbons (Fsp3) is 0.304. The first-order valence-corrected chi connectivity index (χ1v) is 10.9. The molecule has 1 aliphatic rings. The van der Waals surface area contributed by atoms with E-state index in [2.05, 4.69) is 5.32 Å². The van der Waals surface area contributed by atoms with Gasteiger partial charge in [0.2, 0.25) is 5.91 Å². The number of thioether (sulfide) groups is 1. The van der Waals surface area contributed by atoms with Crippen LogP contribution in [0.5, 0.6) is 5.75 Å². The fourth-order valence-electron chi connectivity index (χ4n) is 3.48. The molecule has 0 saturated carbocycles. The molecule has 2 aromatic rings. The summed E-state index contributed by atoms with van der Waals surface area (Å²) in [5.74, 6) is -1.93. The smallest absolute Gasteiger partial charge is 0.323 e. The van der Waals surface area contributed by atoms with E-state index in [1.165, 1.54) is 6.92 Å². The number of ether oxygens (including phenoxy) is 1. The molecular weight excluding hydrogens is 432 g/mol. The molecule has 0 fully saturated rings. The molecule has 2 aromatic carbocycles. The molecule has 2 N–H and O–H groups in total. The number of amides is 2. The van der Waals surface area contributed by atoms with Crippen molar-refractivity contribution in [2.75, 3.05) is 11.4 Å². The summed E-state index contributed by atoms with van der Waals surface area (Å²) in [5.41, 5.74) is 1.19.